The Morgan fingerprint density at radius 1 is 1.40 bits per heavy atom. The van der Waals surface area contributed by atoms with Crippen LogP contribution in [0.4, 0.5) is 11.7 Å². The van der Waals surface area contributed by atoms with Gasteiger partial charge in [0.25, 0.3) is 11.7 Å². The Hall–Kier alpha value is -2.15. The minimum Gasteiger partial charge on any atom is -0.424 e. The normalized spacial score (nSPS) is 22.9. The summed E-state index contributed by atoms with van der Waals surface area (Å²) in [6, 6.07) is 4.99. The van der Waals surface area contributed by atoms with E-state index in [1.54, 1.807) is 6.07 Å². The van der Waals surface area contributed by atoms with E-state index in [9.17, 15) is 10.1 Å². The molecule has 0 amide bonds. The minimum absolute atomic E-state index is 0.00622. The number of oxazole rings is 1. The number of hydrogen-bond donors (Lipinski definition) is 2. The molecule has 0 saturated heterocycles. The van der Waals surface area contributed by atoms with Crippen molar-refractivity contribution in [1.29, 1.82) is 0 Å². The van der Waals surface area contributed by atoms with Crippen molar-refractivity contribution < 1.29 is 9.34 Å². The van der Waals surface area contributed by atoms with Crippen molar-refractivity contribution >= 4 is 22.8 Å². The second-order valence-electron chi connectivity index (χ2n) is 5.13. The zero-order chi connectivity index (χ0) is 14.1. The molecule has 0 unspecified atom stereocenters. The van der Waals surface area contributed by atoms with Gasteiger partial charge in [0, 0.05) is 24.2 Å². The number of nitrogens with one attached hydrogen (secondary N) is 1. The molecule has 1 aliphatic carbocycles. The van der Waals surface area contributed by atoms with Gasteiger partial charge in [-0.15, -0.1) is 0 Å². The number of nitro benzene ring substituents is 1. The Kier molecular flexibility index (Phi) is 3.27. The molecule has 0 spiro atoms. The molecule has 7 heteroatoms. The summed E-state index contributed by atoms with van der Waals surface area (Å²) in [5.74, 6) is 0. The van der Waals surface area contributed by atoms with Crippen LogP contribution in [0.1, 0.15) is 25.7 Å². The lowest BCUT2D eigenvalue weighted by molar-refractivity contribution is -0.384. The zero-order valence-corrected chi connectivity index (χ0v) is 10.9. The van der Waals surface area contributed by atoms with Gasteiger partial charge in [-0.25, -0.2) is 0 Å². The van der Waals surface area contributed by atoms with E-state index in [1.807, 2.05) is 0 Å². The fourth-order valence-electron chi connectivity index (χ4n) is 2.59. The third-order valence-electron chi connectivity index (χ3n) is 3.71. The summed E-state index contributed by atoms with van der Waals surface area (Å²) in [7, 11) is 0. The topological polar surface area (TPSA) is 107 Å². The molecule has 1 aromatic heterocycles. The van der Waals surface area contributed by atoms with Gasteiger partial charge in [-0.2, -0.15) is 4.98 Å². The Labute approximate surface area is 115 Å². The van der Waals surface area contributed by atoms with Crippen LogP contribution in [0, 0.1) is 10.1 Å². The smallest absolute Gasteiger partial charge is 0.295 e. The molecule has 1 aromatic carbocycles. The van der Waals surface area contributed by atoms with Gasteiger partial charge in [-0.1, -0.05) is 12.8 Å². The van der Waals surface area contributed by atoms with Crippen molar-refractivity contribution in [3.63, 3.8) is 0 Å². The van der Waals surface area contributed by atoms with E-state index in [2.05, 4.69) is 10.3 Å². The van der Waals surface area contributed by atoms with Crippen LogP contribution in [-0.2, 0) is 0 Å². The van der Waals surface area contributed by atoms with Crippen molar-refractivity contribution in [2.24, 2.45) is 5.73 Å². The lowest BCUT2D eigenvalue weighted by Gasteiger charge is -2.28. The molecule has 20 heavy (non-hydrogen) atoms. The molecular formula is C13H16N4O3. The SMILES string of the molecule is N[C@H]1CCCC[C@@H]1Nc1nc2cc([N+](=O)[O-])ccc2o1. The van der Waals surface area contributed by atoms with E-state index in [0.717, 1.165) is 25.7 Å². The summed E-state index contributed by atoms with van der Waals surface area (Å²) in [5.41, 5.74) is 7.08. The highest BCUT2D eigenvalue weighted by molar-refractivity contribution is 5.77. The summed E-state index contributed by atoms with van der Waals surface area (Å²) >= 11 is 0. The van der Waals surface area contributed by atoms with Crippen molar-refractivity contribution in [2.45, 2.75) is 37.8 Å². The molecule has 1 heterocycles. The molecule has 0 bridgehead atoms. The predicted octanol–water partition coefficient (Wildman–Crippen LogP) is 2.42. The molecule has 1 aliphatic rings. The molecule has 106 valence electrons. The van der Waals surface area contributed by atoms with E-state index in [1.165, 1.54) is 12.1 Å². The number of rotatable bonds is 3. The molecule has 3 N–H and O–H groups in total. The largest absolute Gasteiger partial charge is 0.424 e. The summed E-state index contributed by atoms with van der Waals surface area (Å²) in [6.45, 7) is 0. The first-order valence-corrected chi connectivity index (χ1v) is 6.70. The Morgan fingerprint density at radius 2 is 2.20 bits per heavy atom. The average Bonchev–Trinajstić information content (AvgIpc) is 2.82. The average molecular weight is 276 g/mol. The second-order valence-corrected chi connectivity index (χ2v) is 5.13. The van der Waals surface area contributed by atoms with E-state index in [-0.39, 0.29) is 17.8 Å². The summed E-state index contributed by atoms with van der Waals surface area (Å²) in [6.07, 6.45) is 4.26. The number of benzene rings is 1. The van der Waals surface area contributed by atoms with Crippen molar-refractivity contribution in [3.8, 4) is 0 Å². The van der Waals surface area contributed by atoms with Gasteiger partial charge in [-0.3, -0.25) is 10.1 Å². The predicted molar refractivity (Wildman–Crippen MR) is 74.5 cm³/mol. The third kappa shape index (κ3) is 2.44. The van der Waals surface area contributed by atoms with Gasteiger partial charge in [0.2, 0.25) is 0 Å². The molecule has 2 aromatic rings. The van der Waals surface area contributed by atoms with E-state index in [0.29, 0.717) is 17.1 Å². The molecule has 0 radical (unpaired) electrons. The van der Waals surface area contributed by atoms with Crippen LogP contribution in [0.5, 0.6) is 0 Å². The standard InChI is InChI=1S/C13H16N4O3/c14-9-3-1-2-4-10(9)15-13-16-11-7-8(17(18)19)5-6-12(11)20-13/h5-7,9-10H,1-4,14H2,(H,15,16)/t9-,10-/m0/s1. The maximum Gasteiger partial charge on any atom is 0.295 e. The lowest BCUT2D eigenvalue weighted by Crippen LogP contribution is -2.42. The quantitative estimate of drug-likeness (QED) is 0.658. The lowest BCUT2D eigenvalue weighted by atomic mass is 9.91. The number of fused-ring (bicyclic) bond motifs is 1. The minimum atomic E-state index is -0.446. The van der Waals surface area contributed by atoms with Gasteiger partial charge in [0.05, 0.1) is 4.92 Å². The van der Waals surface area contributed by atoms with Crippen LogP contribution in [0.25, 0.3) is 11.1 Å². The third-order valence-corrected chi connectivity index (χ3v) is 3.71. The van der Waals surface area contributed by atoms with Crippen LogP contribution in [0.3, 0.4) is 0 Å². The number of nitrogens with two attached hydrogens (primary N) is 1. The molecular weight excluding hydrogens is 260 g/mol. The van der Waals surface area contributed by atoms with Crippen LogP contribution < -0.4 is 11.1 Å². The van der Waals surface area contributed by atoms with Gasteiger partial charge in [0.1, 0.15) is 5.52 Å². The number of anilines is 1. The summed E-state index contributed by atoms with van der Waals surface area (Å²) in [5, 5.41) is 13.9. The van der Waals surface area contributed by atoms with Crippen LogP contribution in [0.15, 0.2) is 22.6 Å². The number of nitrogens with zero attached hydrogens (tertiary/aromatic N) is 2. The van der Waals surface area contributed by atoms with Crippen LogP contribution in [-0.4, -0.2) is 22.0 Å². The second kappa shape index (κ2) is 5.09. The van der Waals surface area contributed by atoms with E-state index >= 15 is 0 Å². The maximum atomic E-state index is 10.7. The van der Waals surface area contributed by atoms with Crippen molar-refractivity contribution in [1.82, 2.24) is 4.98 Å². The highest BCUT2D eigenvalue weighted by atomic mass is 16.6. The molecule has 1 saturated carbocycles. The number of aromatic nitrogens is 1. The van der Waals surface area contributed by atoms with Crippen molar-refractivity contribution in [2.75, 3.05) is 5.32 Å². The number of non-ortho nitro benzene ring substituents is 1. The highest BCUT2D eigenvalue weighted by Crippen LogP contribution is 2.26. The number of hydrogen-bond acceptors (Lipinski definition) is 6. The first-order valence-electron chi connectivity index (χ1n) is 6.70. The first kappa shape index (κ1) is 12.9. The van der Waals surface area contributed by atoms with Crippen LogP contribution >= 0.6 is 0 Å². The maximum absolute atomic E-state index is 10.7. The molecule has 2 atom stereocenters. The summed E-state index contributed by atoms with van der Waals surface area (Å²) < 4.78 is 5.55. The van der Waals surface area contributed by atoms with Crippen LogP contribution in [0.2, 0.25) is 0 Å². The molecule has 3 rings (SSSR count). The fourth-order valence-corrected chi connectivity index (χ4v) is 2.59. The zero-order valence-electron chi connectivity index (χ0n) is 10.9. The monoisotopic (exact) mass is 276 g/mol. The highest BCUT2D eigenvalue weighted by Gasteiger charge is 2.23. The Balaban J connectivity index is 1.83. The van der Waals surface area contributed by atoms with Gasteiger partial charge < -0.3 is 15.5 Å². The molecule has 7 nitrogen and oxygen atoms in total. The fraction of sp³-hybridized carbons (Fsp3) is 0.462. The Bertz CT molecular complexity index is 640. The number of nitro groups is 1. The van der Waals surface area contributed by atoms with Gasteiger partial charge in [0.15, 0.2) is 5.58 Å². The van der Waals surface area contributed by atoms with Gasteiger partial charge >= 0.3 is 0 Å². The summed E-state index contributed by atoms with van der Waals surface area (Å²) in [4.78, 5) is 14.5. The van der Waals surface area contributed by atoms with E-state index in [4.69, 9.17) is 10.2 Å². The van der Waals surface area contributed by atoms with Gasteiger partial charge in [-0.05, 0) is 18.9 Å². The molecule has 1 fully saturated rings. The first-order chi connectivity index (χ1) is 9.63. The van der Waals surface area contributed by atoms with E-state index < -0.39 is 4.92 Å². The van der Waals surface area contributed by atoms with Crippen molar-refractivity contribution in [3.05, 3.63) is 28.3 Å². The Morgan fingerprint density at radius 3 is 2.95 bits per heavy atom. The molecule has 0 aliphatic heterocycles.